The van der Waals surface area contributed by atoms with Crippen LogP contribution in [0.1, 0.15) is 30.7 Å². The summed E-state index contributed by atoms with van der Waals surface area (Å²) in [6.45, 7) is 2.22. The van der Waals surface area contributed by atoms with Crippen LogP contribution in [-0.2, 0) is 11.9 Å². The predicted octanol–water partition coefficient (Wildman–Crippen LogP) is 4.54. The van der Waals surface area contributed by atoms with Crippen molar-refractivity contribution in [2.45, 2.75) is 31.2 Å². The molecule has 0 radical (unpaired) electrons. The number of likely N-dealkylation sites (tertiary alicyclic amines) is 1. The quantitative estimate of drug-likeness (QED) is 0.332. The van der Waals surface area contributed by atoms with E-state index < -0.39 is 0 Å². The van der Waals surface area contributed by atoms with Gasteiger partial charge in [0.2, 0.25) is 0 Å². The largest absolute Gasteiger partial charge is 0.633 e. The molecule has 4 rings (SSSR count). The number of hydroxylamine groups is 3. The highest BCUT2D eigenvalue weighted by Gasteiger charge is 2.45. The lowest BCUT2D eigenvalue weighted by Crippen LogP contribution is -2.55. The van der Waals surface area contributed by atoms with Crippen molar-refractivity contribution in [3.63, 3.8) is 0 Å². The summed E-state index contributed by atoms with van der Waals surface area (Å²) >= 11 is 7.75. The summed E-state index contributed by atoms with van der Waals surface area (Å²) in [5.41, 5.74) is 3.62. The van der Waals surface area contributed by atoms with E-state index in [1.54, 1.807) is 0 Å². The Morgan fingerprint density at radius 2 is 2.00 bits per heavy atom. The van der Waals surface area contributed by atoms with Crippen LogP contribution in [0.25, 0.3) is 11.1 Å². The number of benzene rings is 2. The van der Waals surface area contributed by atoms with E-state index in [2.05, 4.69) is 41.3 Å². The average molecular weight is 404 g/mol. The molecule has 2 aromatic carbocycles. The van der Waals surface area contributed by atoms with E-state index in [-0.39, 0.29) is 4.65 Å². The van der Waals surface area contributed by atoms with Crippen molar-refractivity contribution in [1.29, 1.82) is 0 Å². The van der Waals surface area contributed by atoms with Gasteiger partial charge >= 0.3 is 0 Å². The molecule has 1 N–H and O–H groups in total. The first-order chi connectivity index (χ1) is 13.1. The van der Waals surface area contributed by atoms with Crippen LogP contribution in [0.2, 0.25) is 5.02 Å². The van der Waals surface area contributed by atoms with E-state index in [1.165, 1.54) is 23.1 Å². The first-order valence-electron chi connectivity index (χ1n) is 9.85. The third-order valence-corrected chi connectivity index (χ3v) is 6.92. The summed E-state index contributed by atoms with van der Waals surface area (Å²) in [6, 6.07) is 17.0. The van der Waals surface area contributed by atoms with Gasteiger partial charge in [0.15, 0.2) is 0 Å². The average Bonchev–Trinajstić information content (AvgIpc) is 3.40. The zero-order valence-corrected chi connectivity index (χ0v) is 17.4. The van der Waals surface area contributed by atoms with Crippen LogP contribution in [0.15, 0.2) is 48.5 Å². The van der Waals surface area contributed by atoms with Crippen molar-refractivity contribution in [3.8, 4) is 11.1 Å². The number of hydrogen-bond acceptors (Lipinski definition) is 2. The molecule has 3 nitrogen and oxygen atoms in total. The second-order valence-corrected chi connectivity index (χ2v) is 9.12. The minimum absolute atomic E-state index is 0.0322. The van der Waals surface area contributed by atoms with Gasteiger partial charge in [-0.25, -0.2) is 0 Å². The topological polar surface area (TPSA) is 35.1 Å². The fourth-order valence-electron chi connectivity index (χ4n) is 4.68. The minimum atomic E-state index is -0.0322. The molecule has 27 heavy (non-hydrogen) atoms. The molecule has 1 aliphatic carbocycles. The zero-order chi connectivity index (χ0) is 18.9. The number of quaternary nitrogens is 1. The first kappa shape index (κ1) is 19.3. The number of rotatable bonds is 6. The maximum Gasteiger partial charge on any atom is 0.115 e. The molecule has 1 saturated heterocycles. The fraction of sp³-hybridized carbons (Fsp3) is 0.455. The Bertz CT molecular complexity index is 785. The van der Waals surface area contributed by atoms with Crippen molar-refractivity contribution in [2.75, 3.05) is 25.9 Å². The van der Waals surface area contributed by atoms with Gasteiger partial charge in [0.25, 0.3) is 0 Å². The van der Waals surface area contributed by atoms with Gasteiger partial charge in [-0.1, -0.05) is 54.1 Å². The molecule has 2 fully saturated rings. The molecule has 0 amide bonds. The summed E-state index contributed by atoms with van der Waals surface area (Å²) in [4.78, 5) is 0. The fourth-order valence-corrected chi connectivity index (χ4v) is 5.55. The number of nitrogens with zero attached hydrogens (tertiary/aromatic N) is 1. The maximum absolute atomic E-state index is 13.3. The van der Waals surface area contributed by atoms with Crippen LogP contribution >= 0.6 is 11.6 Å². The SMILES string of the molecule is C[SH+]NC1CCC[N+]([O-])(CC2CC2c2cccc(Cl)c2-c2ccccc2)C1. The van der Waals surface area contributed by atoms with Crippen molar-refractivity contribution in [2.24, 2.45) is 5.92 Å². The highest BCUT2D eigenvalue weighted by Crippen LogP contribution is 2.52. The van der Waals surface area contributed by atoms with Crippen LogP contribution in [0.4, 0.5) is 0 Å². The van der Waals surface area contributed by atoms with Gasteiger partial charge in [0.05, 0.1) is 31.6 Å². The van der Waals surface area contributed by atoms with E-state index >= 15 is 0 Å². The third kappa shape index (κ3) is 4.36. The van der Waals surface area contributed by atoms with Crippen molar-refractivity contribution < 1.29 is 4.65 Å². The molecule has 1 aliphatic heterocycles. The second kappa shape index (κ2) is 8.14. The van der Waals surface area contributed by atoms with Gasteiger partial charge in [-0.2, -0.15) is 0 Å². The summed E-state index contributed by atoms with van der Waals surface area (Å²) in [5, 5.41) is 14.1. The van der Waals surface area contributed by atoms with Crippen molar-refractivity contribution in [1.82, 2.24) is 4.72 Å². The summed E-state index contributed by atoms with van der Waals surface area (Å²) in [6.07, 6.45) is 5.35. The van der Waals surface area contributed by atoms with Crippen LogP contribution in [0.3, 0.4) is 0 Å². The number of nitrogens with one attached hydrogen (secondary N) is 1. The number of piperidine rings is 1. The number of hydrogen-bond donors (Lipinski definition) is 1. The van der Waals surface area contributed by atoms with E-state index in [0.717, 1.165) is 42.9 Å². The van der Waals surface area contributed by atoms with E-state index in [4.69, 9.17) is 11.6 Å². The number of thiol groups is 1. The lowest BCUT2D eigenvalue weighted by Gasteiger charge is -2.47. The zero-order valence-electron chi connectivity index (χ0n) is 15.8. The number of halogens is 1. The Hall–Kier alpha value is -1.04. The molecule has 1 saturated carbocycles. The predicted molar refractivity (Wildman–Crippen MR) is 117 cm³/mol. The molecule has 1 heterocycles. The first-order valence-corrected chi connectivity index (χ1v) is 11.6. The lowest BCUT2D eigenvalue weighted by molar-refractivity contribution is -0.888. The maximum atomic E-state index is 13.3. The molecular weight excluding hydrogens is 376 g/mol. The van der Waals surface area contributed by atoms with E-state index in [0.29, 0.717) is 24.4 Å². The molecule has 0 spiro atoms. The van der Waals surface area contributed by atoms with Crippen LogP contribution in [-0.4, -0.2) is 36.6 Å². The monoisotopic (exact) mass is 403 g/mol. The van der Waals surface area contributed by atoms with Gasteiger partial charge in [0, 0.05) is 16.5 Å². The van der Waals surface area contributed by atoms with Gasteiger partial charge < -0.3 is 9.85 Å². The molecule has 2 aliphatic rings. The van der Waals surface area contributed by atoms with Crippen molar-refractivity contribution >= 4 is 23.5 Å². The minimum Gasteiger partial charge on any atom is -0.633 e. The third-order valence-electron chi connectivity index (χ3n) is 5.98. The second-order valence-electron chi connectivity index (χ2n) is 8.01. The van der Waals surface area contributed by atoms with Gasteiger partial charge in [0.1, 0.15) is 12.3 Å². The molecule has 4 unspecified atom stereocenters. The van der Waals surface area contributed by atoms with E-state index in [9.17, 15) is 5.21 Å². The summed E-state index contributed by atoms with van der Waals surface area (Å²) < 4.78 is 3.42. The normalized spacial score (nSPS) is 30.3. The van der Waals surface area contributed by atoms with Crippen LogP contribution in [0, 0.1) is 11.1 Å². The smallest absolute Gasteiger partial charge is 0.115 e. The molecule has 144 valence electrons. The molecule has 4 atom stereocenters. The van der Waals surface area contributed by atoms with E-state index in [1.807, 2.05) is 18.2 Å². The highest BCUT2D eigenvalue weighted by molar-refractivity contribution is 7.75. The highest BCUT2D eigenvalue weighted by atomic mass is 35.5. The Kier molecular flexibility index (Phi) is 5.81. The Labute approximate surface area is 171 Å². The summed E-state index contributed by atoms with van der Waals surface area (Å²) in [5.74, 6) is 0.932. The Balaban J connectivity index is 1.50. The Morgan fingerprint density at radius 3 is 2.78 bits per heavy atom. The van der Waals surface area contributed by atoms with Gasteiger partial charge in [-0.05, 0) is 42.4 Å². The van der Waals surface area contributed by atoms with Crippen LogP contribution < -0.4 is 4.72 Å². The molecule has 5 heteroatoms. The van der Waals surface area contributed by atoms with Crippen LogP contribution in [0.5, 0.6) is 0 Å². The van der Waals surface area contributed by atoms with Gasteiger partial charge in [-0.3, -0.25) is 0 Å². The Morgan fingerprint density at radius 1 is 1.19 bits per heavy atom. The van der Waals surface area contributed by atoms with Gasteiger partial charge in [-0.15, -0.1) is 4.72 Å². The summed E-state index contributed by atoms with van der Waals surface area (Å²) in [7, 11) is 0. The molecular formula is C22H28ClN2OS+. The molecule has 2 aromatic rings. The lowest BCUT2D eigenvalue weighted by atomic mass is 9.95. The van der Waals surface area contributed by atoms with Crippen molar-refractivity contribution in [3.05, 3.63) is 64.3 Å². The molecule has 0 aromatic heterocycles. The standard InChI is InChI=1S/C22H27ClN2OS/c1-27-24-18-9-6-12-25(26,15-18)14-17-13-20(17)19-10-5-11-21(23)22(19)16-7-3-2-4-8-16/h2-5,7-8,10-11,17-18,20,24H,6,9,12-15H2,1H3/p+1. The molecule has 0 bridgehead atoms.